The lowest BCUT2D eigenvalue weighted by Gasteiger charge is -2.34. The molecule has 0 radical (unpaired) electrons. The summed E-state index contributed by atoms with van der Waals surface area (Å²) in [6.07, 6.45) is -8.67. The molecule has 0 bridgehead atoms. The Hall–Kier alpha value is -3.47. The largest absolute Gasteiger partial charge is 0.573 e. The van der Waals surface area contributed by atoms with Crippen LogP contribution in [0.1, 0.15) is 45.7 Å². The zero-order valence-electron chi connectivity index (χ0n) is 24.1. The van der Waals surface area contributed by atoms with Gasteiger partial charge in [0, 0.05) is 0 Å². The summed E-state index contributed by atoms with van der Waals surface area (Å²) in [5.41, 5.74) is 4.16. The second-order valence-electron chi connectivity index (χ2n) is 10.3. The van der Waals surface area contributed by atoms with Gasteiger partial charge in [0.25, 0.3) is 0 Å². The lowest BCUT2D eigenvalue weighted by molar-refractivity contribution is -0.274. The van der Waals surface area contributed by atoms with Crippen LogP contribution in [0.4, 0.5) is 32.2 Å². The molecule has 0 aliphatic carbocycles. The molecule has 0 aliphatic heterocycles. The zero-order chi connectivity index (χ0) is 32.9. The van der Waals surface area contributed by atoms with E-state index in [1.54, 1.807) is 18.4 Å². The summed E-state index contributed by atoms with van der Waals surface area (Å²) in [5.74, 6) is -1.50. The number of anilines is 1. The molecule has 0 saturated carbocycles. The topological polar surface area (TPSA) is 156 Å². The number of carbonyl (C=O) groups is 1. The number of alkyl halides is 6. The Morgan fingerprint density at radius 3 is 2.34 bits per heavy atom. The first-order valence-corrected chi connectivity index (χ1v) is 15.0. The Balaban J connectivity index is 1.88. The number of esters is 1. The van der Waals surface area contributed by atoms with Crippen LogP contribution >= 0.6 is 7.44 Å². The van der Waals surface area contributed by atoms with Crippen LogP contribution in [0.3, 0.4) is 0 Å². The first-order chi connectivity index (χ1) is 20.3. The van der Waals surface area contributed by atoms with Gasteiger partial charge in [0.2, 0.25) is 7.44 Å². The Labute approximate surface area is 248 Å². The van der Waals surface area contributed by atoms with Crippen molar-refractivity contribution in [3.63, 3.8) is 0 Å². The fourth-order valence-corrected chi connectivity index (χ4v) is 6.35. The molecule has 0 saturated heterocycles. The Morgan fingerprint density at radius 1 is 1.09 bits per heavy atom. The van der Waals surface area contributed by atoms with Crippen molar-refractivity contribution in [1.82, 2.24) is 29.7 Å². The minimum atomic E-state index is -5.09. The monoisotopic (exact) mass is 655 g/mol. The predicted molar refractivity (Wildman–Crippen MR) is 146 cm³/mol. The fourth-order valence-electron chi connectivity index (χ4n) is 3.98. The van der Waals surface area contributed by atoms with Crippen molar-refractivity contribution in [1.29, 1.82) is 0 Å². The van der Waals surface area contributed by atoms with E-state index in [1.165, 1.54) is 26.5 Å². The molecule has 2 aromatic heterocycles. The van der Waals surface area contributed by atoms with Crippen molar-refractivity contribution in [2.45, 2.75) is 70.9 Å². The SMILES string of the molecule is CCCOC(=O)C(C)(C)N[P@](=O)(CO[C@H](C)Cn1cnc2c(N)ncnc21)N[C@H](c1ccc(OC(F)(F)F)cc1)C(F)(F)F. The summed E-state index contributed by atoms with van der Waals surface area (Å²) in [7, 11) is -4.51. The number of nitrogens with one attached hydrogen (secondary N) is 2. The van der Waals surface area contributed by atoms with Gasteiger partial charge in [-0.3, -0.25) is 9.36 Å². The Bertz CT molecular complexity index is 1470. The number of nitrogen functional groups attached to an aromatic ring is 1. The van der Waals surface area contributed by atoms with Crippen LogP contribution in [0, 0.1) is 0 Å². The lowest BCUT2D eigenvalue weighted by atomic mass is 10.1. The molecule has 244 valence electrons. The number of aromatic nitrogens is 4. The molecular weight excluding hydrogens is 623 g/mol. The van der Waals surface area contributed by atoms with Gasteiger partial charge < -0.3 is 24.5 Å². The van der Waals surface area contributed by atoms with Crippen molar-refractivity contribution >= 4 is 30.4 Å². The van der Waals surface area contributed by atoms with E-state index in [0.717, 1.165) is 12.1 Å². The molecule has 12 nitrogen and oxygen atoms in total. The molecule has 4 N–H and O–H groups in total. The molecule has 0 spiro atoms. The third kappa shape index (κ3) is 9.51. The standard InChI is InChI=1S/C25H32F6N7O5P/c1-5-10-41-22(39)23(3,4)37-44(40,14-42-15(2)11-38-13-35-18-20(32)33-12-34-21(18)38)36-19(24(26,27)28)16-6-8-17(9-7-16)43-25(29,30)31/h6-9,12-13,15,19H,5,10-11,14H2,1-4H3,(H2,32,33,34)(H2,36,37,40)/t15-,19-,44+/m1/s1. The number of hydrogen-bond donors (Lipinski definition) is 3. The molecule has 44 heavy (non-hydrogen) atoms. The summed E-state index contributed by atoms with van der Waals surface area (Å²) in [6, 6.07) is 0.228. The number of nitrogens with zero attached hydrogens (tertiary/aromatic N) is 4. The average molecular weight is 656 g/mol. The number of hydrogen-bond acceptors (Lipinski definition) is 9. The molecule has 1 aromatic carbocycles. The number of benzene rings is 1. The fraction of sp³-hybridized carbons (Fsp3) is 0.520. The van der Waals surface area contributed by atoms with Crippen LogP contribution in [0.25, 0.3) is 11.2 Å². The first kappa shape index (κ1) is 35.0. The van der Waals surface area contributed by atoms with Crippen molar-refractivity contribution in [2.75, 3.05) is 18.7 Å². The highest BCUT2D eigenvalue weighted by Crippen LogP contribution is 2.47. The van der Waals surface area contributed by atoms with E-state index in [4.69, 9.17) is 15.2 Å². The smallest absolute Gasteiger partial charge is 0.464 e. The third-order valence-corrected chi connectivity index (χ3v) is 8.05. The van der Waals surface area contributed by atoms with Crippen molar-refractivity contribution in [3.8, 4) is 5.75 Å². The van der Waals surface area contributed by atoms with Crippen LogP contribution < -0.4 is 20.6 Å². The number of fused-ring (bicyclic) bond motifs is 1. The van der Waals surface area contributed by atoms with Crippen molar-refractivity contribution in [3.05, 3.63) is 42.5 Å². The van der Waals surface area contributed by atoms with E-state index in [-0.39, 0.29) is 19.0 Å². The quantitative estimate of drug-likeness (QED) is 0.121. The second kappa shape index (κ2) is 13.7. The highest BCUT2D eigenvalue weighted by atomic mass is 31.2. The molecule has 0 fully saturated rings. The summed E-state index contributed by atoms with van der Waals surface area (Å²) in [6.45, 7) is 5.92. The minimum absolute atomic E-state index is 0.0136. The first-order valence-electron chi connectivity index (χ1n) is 13.1. The molecule has 3 rings (SSSR count). The molecule has 19 heteroatoms. The van der Waals surface area contributed by atoms with E-state index in [9.17, 15) is 35.7 Å². The maximum absolute atomic E-state index is 14.3. The van der Waals surface area contributed by atoms with Gasteiger partial charge in [0.05, 0.1) is 25.6 Å². The van der Waals surface area contributed by atoms with Crippen molar-refractivity contribution < 1.29 is 49.9 Å². The van der Waals surface area contributed by atoms with Gasteiger partial charge in [-0.05, 0) is 44.9 Å². The van der Waals surface area contributed by atoms with Crippen LogP contribution in [-0.4, -0.2) is 62.6 Å². The predicted octanol–water partition coefficient (Wildman–Crippen LogP) is 5.08. The van der Waals surface area contributed by atoms with Crippen molar-refractivity contribution in [2.24, 2.45) is 0 Å². The molecule has 0 amide bonds. The summed E-state index contributed by atoms with van der Waals surface area (Å²) >= 11 is 0. The van der Waals surface area contributed by atoms with E-state index >= 15 is 0 Å². The summed E-state index contributed by atoms with van der Waals surface area (Å²) < 4.78 is 111. The van der Waals surface area contributed by atoms with E-state index in [2.05, 4.69) is 24.8 Å². The number of nitrogens with two attached hydrogens (primary N) is 1. The zero-order valence-corrected chi connectivity index (χ0v) is 25.0. The van der Waals surface area contributed by atoms with Crippen LogP contribution in [-0.2, 0) is 25.4 Å². The summed E-state index contributed by atoms with van der Waals surface area (Å²) in [5, 5.41) is 4.50. The highest BCUT2D eigenvalue weighted by Gasteiger charge is 2.47. The van der Waals surface area contributed by atoms with Gasteiger partial charge in [-0.15, -0.1) is 13.2 Å². The van der Waals surface area contributed by atoms with Gasteiger partial charge in [-0.1, -0.05) is 19.1 Å². The number of halogens is 6. The van der Waals surface area contributed by atoms with Crippen LogP contribution in [0.15, 0.2) is 36.9 Å². The third-order valence-electron chi connectivity index (χ3n) is 5.94. The normalized spacial score (nSPS) is 15.5. The van der Waals surface area contributed by atoms with Gasteiger partial charge in [-0.25, -0.2) is 25.1 Å². The van der Waals surface area contributed by atoms with E-state index in [1.807, 2.05) is 5.09 Å². The maximum atomic E-state index is 14.3. The summed E-state index contributed by atoms with van der Waals surface area (Å²) in [4.78, 5) is 24.8. The molecule has 0 aliphatic rings. The minimum Gasteiger partial charge on any atom is -0.464 e. The molecule has 3 aromatic rings. The Kier molecular flexibility index (Phi) is 10.9. The van der Waals surface area contributed by atoms with Gasteiger partial charge >= 0.3 is 18.5 Å². The van der Waals surface area contributed by atoms with E-state index < -0.39 is 61.3 Å². The molecule has 2 heterocycles. The van der Waals surface area contributed by atoms with Gasteiger partial charge in [0.1, 0.15) is 35.5 Å². The molecular formula is C25H32F6N7O5P. The van der Waals surface area contributed by atoms with Gasteiger partial charge in [0.15, 0.2) is 11.5 Å². The number of imidazole rings is 1. The van der Waals surface area contributed by atoms with Gasteiger partial charge in [-0.2, -0.15) is 13.2 Å². The molecule has 0 unspecified atom stereocenters. The van der Waals surface area contributed by atoms with Crippen LogP contribution in [0.2, 0.25) is 0 Å². The van der Waals surface area contributed by atoms with E-state index in [0.29, 0.717) is 29.7 Å². The number of rotatable bonds is 14. The Morgan fingerprint density at radius 2 is 1.75 bits per heavy atom. The van der Waals surface area contributed by atoms with Crippen LogP contribution in [0.5, 0.6) is 5.75 Å². The number of ether oxygens (including phenoxy) is 3. The highest BCUT2D eigenvalue weighted by molar-refractivity contribution is 7.59. The molecule has 3 atom stereocenters. The second-order valence-corrected chi connectivity index (χ2v) is 12.5. The maximum Gasteiger partial charge on any atom is 0.573 e. The average Bonchev–Trinajstić information content (AvgIpc) is 3.32. The lowest BCUT2D eigenvalue weighted by Crippen LogP contribution is -2.50. The number of carbonyl (C=O) groups excluding carboxylic acids is 1.